The molecule has 3 aromatic carbocycles. The minimum Gasteiger partial charge on any atom is -0.508 e. The summed E-state index contributed by atoms with van der Waals surface area (Å²) < 4.78 is 12.1. The molecule has 0 spiro atoms. The molecule has 2 N–H and O–H groups in total. The highest BCUT2D eigenvalue weighted by Gasteiger charge is 2.27. The van der Waals surface area contributed by atoms with Crippen LogP contribution in [0.1, 0.15) is 49.8 Å². The third kappa shape index (κ3) is 6.45. The van der Waals surface area contributed by atoms with Gasteiger partial charge in [-0.05, 0) is 79.3 Å². The van der Waals surface area contributed by atoms with Crippen LogP contribution in [-0.4, -0.2) is 41.4 Å². The summed E-state index contributed by atoms with van der Waals surface area (Å²) in [6, 6.07) is 22.4. The molecule has 5 rings (SSSR count). The van der Waals surface area contributed by atoms with Crippen molar-refractivity contribution in [1.82, 2.24) is 4.90 Å². The molecule has 3 atom stereocenters. The van der Waals surface area contributed by atoms with Gasteiger partial charge in [-0.2, -0.15) is 0 Å². The predicted octanol–water partition coefficient (Wildman–Crippen LogP) is 6.13. The second kappa shape index (κ2) is 11.3. The summed E-state index contributed by atoms with van der Waals surface area (Å²) in [5.74, 6) is 3.58. The van der Waals surface area contributed by atoms with Gasteiger partial charge in [-0.25, -0.2) is 0 Å². The smallest absolute Gasteiger partial charge is 0.124 e. The van der Waals surface area contributed by atoms with Gasteiger partial charge in [0, 0.05) is 18.7 Å². The molecule has 3 aromatic rings. The third-order valence-corrected chi connectivity index (χ3v) is 6.55. The highest BCUT2D eigenvalue weighted by molar-refractivity contribution is 5.44. The fourth-order valence-electron chi connectivity index (χ4n) is 4.61. The Balaban J connectivity index is 0.000000336. The van der Waals surface area contributed by atoms with Crippen LogP contribution in [-0.2, 0) is 0 Å². The first-order valence-corrected chi connectivity index (χ1v) is 12.2. The Morgan fingerprint density at radius 2 is 1.71 bits per heavy atom. The normalized spacial score (nSPS) is 21.6. The first-order chi connectivity index (χ1) is 16.5. The molecule has 0 amide bonds. The van der Waals surface area contributed by atoms with Gasteiger partial charge in [0.1, 0.15) is 35.7 Å². The summed E-state index contributed by atoms with van der Waals surface area (Å²) in [4.78, 5) is 2.48. The van der Waals surface area contributed by atoms with E-state index in [4.69, 9.17) is 14.6 Å². The van der Waals surface area contributed by atoms with E-state index in [1.807, 2.05) is 30.3 Å². The maximum absolute atomic E-state index is 9.70. The van der Waals surface area contributed by atoms with Gasteiger partial charge in [0.05, 0.1) is 0 Å². The van der Waals surface area contributed by atoms with Crippen LogP contribution in [0, 0.1) is 5.92 Å². The number of para-hydroxylation sites is 1. The van der Waals surface area contributed by atoms with Crippen molar-refractivity contribution < 1.29 is 19.7 Å². The molecule has 1 fully saturated rings. The van der Waals surface area contributed by atoms with Crippen molar-refractivity contribution in [3.8, 4) is 23.0 Å². The SMILES string of the molecule is CC1CCN(CCOc2ccc([C@H]3CC(C)c4cc(O)ccc4O3)cc2)C1.Oc1ccccc1. The summed E-state index contributed by atoms with van der Waals surface area (Å²) in [6.45, 7) is 8.62. The number of hydrogen-bond acceptors (Lipinski definition) is 5. The van der Waals surface area contributed by atoms with Gasteiger partial charge in [0.2, 0.25) is 0 Å². The number of likely N-dealkylation sites (tertiary alicyclic amines) is 1. The third-order valence-electron chi connectivity index (χ3n) is 6.55. The quantitative estimate of drug-likeness (QED) is 0.478. The molecular weight excluding hydrogens is 426 g/mol. The Labute approximate surface area is 202 Å². The number of fused-ring (bicyclic) bond motifs is 1. The van der Waals surface area contributed by atoms with Crippen LogP contribution in [0.4, 0.5) is 0 Å². The summed E-state index contributed by atoms with van der Waals surface area (Å²) in [5.41, 5.74) is 2.25. The van der Waals surface area contributed by atoms with E-state index in [1.165, 1.54) is 25.1 Å². The van der Waals surface area contributed by atoms with E-state index in [9.17, 15) is 5.11 Å². The van der Waals surface area contributed by atoms with E-state index in [1.54, 1.807) is 30.3 Å². The molecule has 5 nitrogen and oxygen atoms in total. The first-order valence-electron chi connectivity index (χ1n) is 12.2. The highest BCUT2D eigenvalue weighted by Crippen LogP contribution is 2.43. The zero-order valence-electron chi connectivity index (χ0n) is 20.1. The second-order valence-corrected chi connectivity index (χ2v) is 9.41. The van der Waals surface area contributed by atoms with Crippen LogP contribution < -0.4 is 9.47 Å². The van der Waals surface area contributed by atoms with Gasteiger partial charge in [-0.3, -0.25) is 4.90 Å². The largest absolute Gasteiger partial charge is 0.508 e. The van der Waals surface area contributed by atoms with E-state index in [-0.39, 0.29) is 6.10 Å². The fourth-order valence-corrected chi connectivity index (χ4v) is 4.61. The lowest BCUT2D eigenvalue weighted by Gasteiger charge is -2.31. The molecule has 2 unspecified atom stereocenters. The molecule has 2 aliphatic heterocycles. The topological polar surface area (TPSA) is 62.2 Å². The number of phenols is 2. The second-order valence-electron chi connectivity index (χ2n) is 9.41. The molecular formula is C29H35NO4. The molecule has 0 aliphatic carbocycles. The van der Waals surface area contributed by atoms with Gasteiger partial charge in [0.25, 0.3) is 0 Å². The Kier molecular flexibility index (Phi) is 7.96. The van der Waals surface area contributed by atoms with Gasteiger partial charge in [-0.15, -0.1) is 0 Å². The average molecular weight is 462 g/mol. The maximum Gasteiger partial charge on any atom is 0.124 e. The van der Waals surface area contributed by atoms with Gasteiger partial charge >= 0.3 is 0 Å². The minimum absolute atomic E-state index is 0.0391. The summed E-state index contributed by atoms with van der Waals surface area (Å²) >= 11 is 0. The van der Waals surface area contributed by atoms with Crippen LogP contribution >= 0.6 is 0 Å². The zero-order valence-corrected chi connectivity index (χ0v) is 20.1. The van der Waals surface area contributed by atoms with Gasteiger partial charge in [0.15, 0.2) is 0 Å². The van der Waals surface area contributed by atoms with Crippen molar-refractivity contribution in [1.29, 1.82) is 0 Å². The lowest BCUT2D eigenvalue weighted by molar-refractivity contribution is 0.163. The van der Waals surface area contributed by atoms with E-state index in [0.717, 1.165) is 42.6 Å². The van der Waals surface area contributed by atoms with Gasteiger partial charge < -0.3 is 19.7 Å². The van der Waals surface area contributed by atoms with E-state index in [2.05, 4.69) is 30.9 Å². The molecule has 180 valence electrons. The maximum atomic E-state index is 9.70. The van der Waals surface area contributed by atoms with Crippen molar-refractivity contribution in [2.75, 3.05) is 26.2 Å². The van der Waals surface area contributed by atoms with Crippen molar-refractivity contribution in [2.45, 2.75) is 38.7 Å². The Hall–Kier alpha value is -3.18. The van der Waals surface area contributed by atoms with Gasteiger partial charge in [-0.1, -0.05) is 44.2 Å². The van der Waals surface area contributed by atoms with E-state index >= 15 is 0 Å². The number of hydrogen-bond donors (Lipinski definition) is 2. The molecule has 0 bridgehead atoms. The molecule has 2 aliphatic rings. The van der Waals surface area contributed by atoms with E-state index < -0.39 is 0 Å². The molecule has 34 heavy (non-hydrogen) atoms. The summed E-state index contributed by atoms with van der Waals surface area (Å²) in [5, 5.41) is 18.3. The Morgan fingerprint density at radius 1 is 0.941 bits per heavy atom. The highest BCUT2D eigenvalue weighted by atomic mass is 16.5. The van der Waals surface area contributed by atoms with Crippen molar-refractivity contribution in [2.24, 2.45) is 5.92 Å². The number of benzene rings is 3. The monoisotopic (exact) mass is 461 g/mol. The molecule has 1 saturated heterocycles. The number of nitrogens with zero attached hydrogens (tertiary/aromatic N) is 1. The standard InChI is InChI=1S/C23H29NO3.C6H6O/c1-16-9-10-24(15-16)11-12-26-20-6-3-18(4-7-20)23-13-17(2)21-14-19(25)5-8-22(21)27-23;7-6-4-2-1-3-5-6/h3-8,14,16-17,23,25H,9-13,15H2,1-2H3;1-5,7H/t16?,17?,23-;/m1./s1. The Morgan fingerprint density at radius 3 is 2.35 bits per heavy atom. The van der Waals surface area contributed by atoms with Crippen LogP contribution in [0.15, 0.2) is 72.8 Å². The number of rotatable bonds is 5. The molecule has 0 saturated carbocycles. The number of ether oxygens (including phenoxy) is 2. The summed E-state index contributed by atoms with van der Waals surface area (Å²) in [7, 11) is 0. The lowest BCUT2D eigenvalue weighted by atomic mass is 9.89. The fraction of sp³-hybridized carbons (Fsp3) is 0.379. The first kappa shape index (κ1) is 24.0. The van der Waals surface area contributed by atoms with Crippen LogP contribution in [0.2, 0.25) is 0 Å². The molecule has 0 aromatic heterocycles. The van der Waals surface area contributed by atoms with Crippen molar-refractivity contribution >= 4 is 0 Å². The molecule has 0 radical (unpaired) electrons. The van der Waals surface area contributed by atoms with Crippen LogP contribution in [0.5, 0.6) is 23.0 Å². The lowest BCUT2D eigenvalue weighted by Crippen LogP contribution is -2.25. The molecule has 2 heterocycles. The minimum atomic E-state index is 0.0391. The van der Waals surface area contributed by atoms with Crippen molar-refractivity contribution in [3.63, 3.8) is 0 Å². The zero-order chi connectivity index (χ0) is 23.9. The van der Waals surface area contributed by atoms with Crippen LogP contribution in [0.25, 0.3) is 0 Å². The van der Waals surface area contributed by atoms with Crippen LogP contribution in [0.3, 0.4) is 0 Å². The summed E-state index contributed by atoms with van der Waals surface area (Å²) in [6.07, 6.45) is 2.25. The number of aromatic hydroxyl groups is 2. The molecule has 5 heteroatoms. The van der Waals surface area contributed by atoms with E-state index in [0.29, 0.717) is 17.4 Å². The average Bonchev–Trinajstić information content (AvgIpc) is 3.26. The number of phenolic OH excluding ortho intramolecular Hbond substituents is 2. The van der Waals surface area contributed by atoms with Crippen molar-refractivity contribution in [3.05, 3.63) is 83.9 Å². The predicted molar refractivity (Wildman–Crippen MR) is 135 cm³/mol. The Bertz CT molecular complexity index is 1040.